The number of hydrogen-bond donors (Lipinski definition) is 1. The molecule has 3 aromatic carbocycles. The van der Waals surface area contributed by atoms with E-state index in [4.69, 9.17) is 0 Å². The predicted molar refractivity (Wildman–Crippen MR) is 168 cm³/mol. The van der Waals surface area contributed by atoms with Crippen molar-refractivity contribution in [1.29, 1.82) is 0 Å². The van der Waals surface area contributed by atoms with Crippen LogP contribution in [0, 0.1) is 24.0 Å². The Kier molecular flexibility index (Phi) is 7.60. The smallest absolute Gasteiger partial charge is 0.294 e. The lowest BCUT2D eigenvalue weighted by Crippen LogP contribution is -2.27. The molecule has 2 aliphatic rings. The summed E-state index contributed by atoms with van der Waals surface area (Å²) < 4.78 is 1.95. The highest BCUT2D eigenvalue weighted by Gasteiger charge is 2.35. The van der Waals surface area contributed by atoms with Crippen molar-refractivity contribution in [3.63, 3.8) is 0 Å². The van der Waals surface area contributed by atoms with E-state index in [0.717, 1.165) is 70.7 Å². The van der Waals surface area contributed by atoms with Gasteiger partial charge in [-0.3, -0.25) is 24.6 Å². The first-order chi connectivity index (χ1) is 20.3. The van der Waals surface area contributed by atoms with Crippen molar-refractivity contribution in [3.8, 4) is 5.69 Å². The Hall–Kier alpha value is -4.37. The van der Waals surface area contributed by atoms with Gasteiger partial charge in [0.25, 0.3) is 16.8 Å². The third kappa shape index (κ3) is 5.32. The van der Waals surface area contributed by atoms with Gasteiger partial charge < -0.3 is 9.88 Å². The summed E-state index contributed by atoms with van der Waals surface area (Å²) in [5, 5.41) is 17.2. The van der Waals surface area contributed by atoms with E-state index in [-0.39, 0.29) is 34.3 Å². The summed E-state index contributed by atoms with van der Waals surface area (Å²) in [7, 11) is 0. The fourth-order valence-electron chi connectivity index (χ4n) is 6.11. The fraction of sp³-hybridized carbons (Fsp3) is 0.273. The van der Waals surface area contributed by atoms with Crippen molar-refractivity contribution in [2.75, 3.05) is 5.32 Å². The molecule has 6 rings (SSSR count). The summed E-state index contributed by atoms with van der Waals surface area (Å²) in [5.41, 5.74) is 4.66. The van der Waals surface area contributed by atoms with Crippen molar-refractivity contribution >= 4 is 51.1 Å². The molecule has 0 bridgehead atoms. The van der Waals surface area contributed by atoms with Gasteiger partial charge in [-0.15, -0.1) is 0 Å². The maximum Gasteiger partial charge on any atom is 0.294 e. The Balaban J connectivity index is 1.27. The number of imide groups is 1. The topological polar surface area (TPSA) is 97.5 Å². The van der Waals surface area contributed by atoms with Crippen molar-refractivity contribution < 1.29 is 14.5 Å². The van der Waals surface area contributed by atoms with E-state index in [1.807, 2.05) is 73.0 Å². The molecular weight excluding hydrogens is 548 g/mol. The van der Waals surface area contributed by atoms with Crippen LogP contribution < -0.4 is 5.32 Å². The normalized spacial score (nSPS) is 17.0. The van der Waals surface area contributed by atoms with E-state index in [0.29, 0.717) is 16.3 Å². The molecule has 8 nitrogen and oxygen atoms in total. The molecule has 9 heteroatoms. The van der Waals surface area contributed by atoms with Crippen LogP contribution in [0.15, 0.2) is 71.6 Å². The number of benzene rings is 3. The Morgan fingerprint density at radius 3 is 2.55 bits per heavy atom. The zero-order valence-corrected chi connectivity index (χ0v) is 24.4. The number of thioether (sulfide) groups is 1. The number of hydrogen-bond acceptors (Lipinski definition) is 6. The Morgan fingerprint density at radius 2 is 1.76 bits per heavy atom. The van der Waals surface area contributed by atoms with Gasteiger partial charge in [0.1, 0.15) is 5.69 Å². The molecule has 2 heterocycles. The maximum atomic E-state index is 13.4. The molecule has 0 atom stereocenters. The highest BCUT2D eigenvalue weighted by atomic mass is 32.2. The minimum absolute atomic E-state index is 0.0432. The number of aromatic nitrogens is 1. The molecule has 1 aliphatic carbocycles. The fourth-order valence-corrected chi connectivity index (χ4v) is 6.94. The van der Waals surface area contributed by atoms with Crippen molar-refractivity contribution in [1.82, 2.24) is 9.47 Å². The van der Waals surface area contributed by atoms with E-state index in [9.17, 15) is 19.7 Å². The zero-order valence-electron chi connectivity index (χ0n) is 23.6. The van der Waals surface area contributed by atoms with E-state index in [1.54, 1.807) is 18.2 Å². The molecule has 0 radical (unpaired) electrons. The second-order valence-corrected chi connectivity index (χ2v) is 12.0. The van der Waals surface area contributed by atoms with Gasteiger partial charge in [0.2, 0.25) is 0 Å². The molecule has 0 unspecified atom stereocenters. The van der Waals surface area contributed by atoms with E-state index in [1.165, 1.54) is 11.3 Å². The Morgan fingerprint density at radius 1 is 1.00 bits per heavy atom. The standard InChI is InChI=1S/C33H32N4O4S/c1-21-17-25(18-31-32(38)35(33(39)42-31)20-24-11-8-10-23-9-6-7-14-28(23)24)22(2)36(21)27-15-16-29(30(19-27)37(40)41)34-26-12-4-3-5-13-26/h6-11,14-19,26,34H,3-5,12-13,20H2,1-2H3/b31-18-. The van der Waals surface area contributed by atoms with Gasteiger partial charge in [0.05, 0.1) is 22.1 Å². The Bertz CT molecular complexity index is 1750. The van der Waals surface area contributed by atoms with Crippen molar-refractivity contribution in [2.45, 2.75) is 58.5 Å². The molecule has 1 aromatic heterocycles. The summed E-state index contributed by atoms with van der Waals surface area (Å²) in [6.07, 6.45) is 7.27. The quantitative estimate of drug-likeness (QED) is 0.135. The van der Waals surface area contributed by atoms with Gasteiger partial charge in [-0.05, 0) is 84.6 Å². The number of carbonyl (C=O) groups is 2. The molecule has 1 saturated heterocycles. The van der Waals surface area contributed by atoms with Crippen LogP contribution in [0.4, 0.5) is 16.2 Å². The monoisotopic (exact) mass is 580 g/mol. The summed E-state index contributed by atoms with van der Waals surface area (Å²) >= 11 is 0.937. The first kappa shape index (κ1) is 27.8. The largest absolute Gasteiger partial charge is 0.377 e. The second-order valence-electron chi connectivity index (χ2n) is 11.0. The SMILES string of the molecule is Cc1cc(/C=C2\SC(=O)N(Cc3cccc4ccccc34)C2=O)c(C)n1-c1ccc(NC2CCCCC2)c([N+](=O)[O-])c1. The number of nitro groups is 1. The first-order valence-corrected chi connectivity index (χ1v) is 15.1. The van der Waals surface area contributed by atoms with Crippen LogP contribution in [-0.2, 0) is 11.3 Å². The summed E-state index contributed by atoms with van der Waals surface area (Å²) in [6, 6.07) is 21.3. The number of anilines is 1. The number of carbonyl (C=O) groups excluding carboxylic acids is 2. The molecule has 1 saturated carbocycles. The number of rotatable bonds is 7. The Labute approximate surface area is 248 Å². The van der Waals surface area contributed by atoms with Gasteiger partial charge in [-0.1, -0.05) is 61.7 Å². The highest BCUT2D eigenvalue weighted by molar-refractivity contribution is 8.18. The highest BCUT2D eigenvalue weighted by Crippen LogP contribution is 2.36. The molecule has 1 aliphatic heterocycles. The molecular formula is C33H32N4O4S. The number of nitrogens with zero attached hydrogens (tertiary/aromatic N) is 3. The van der Waals surface area contributed by atoms with Crippen LogP contribution in [0.5, 0.6) is 0 Å². The summed E-state index contributed by atoms with van der Waals surface area (Å²) in [6.45, 7) is 4.04. The lowest BCUT2D eigenvalue weighted by Gasteiger charge is -2.24. The number of aryl methyl sites for hydroxylation is 1. The maximum absolute atomic E-state index is 13.4. The van der Waals surface area contributed by atoms with Crippen LogP contribution in [0.3, 0.4) is 0 Å². The van der Waals surface area contributed by atoms with Gasteiger partial charge in [-0.2, -0.15) is 0 Å². The molecule has 4 aromatic rings. The summed E-state index contributed by atoms with van der Waals surface area (Å²) in [5.74, 6) is -0.323. The van der Waals surface area contributed by atoms with Crippen LogP contribution in [0.25, 0.3) is 22.5 Å². The zero-order chi connectivity index (χ0) is 29.4. The van der Waals surface area contributed by atoms with Crippen LogP contribution in [0.1, 0.15) is 54.6 Å². The molecule has 42 heavy (non-hydrogen) atoms. The molecule has 214 valence electrons. The van der Waals surface area contributed by atoms with Crippen LogP contribution in [0.2, 0.25) is 0 Å². The minimum atomic E-state index is -0.338. The van der Waals surface area contributed by atoms with Gasteiger partial charge >= 0.3 is 0 Å². The third-order valence-corrected chi connectivity index (χ3v) is 9.15. The lowest BCUT2D eigenvalue weighted by molar-refractivity contribution is -0.384. The van der Waals surface area contributed by atoms with Crippen molar-refractivity contribution in [2.24, 2.45) is 0 Å². The average Bonchev–Trinajstić information content (AvgIpc) is 3.42. The molecule has 0 spiro atoms. The number of nitro benzene ring substituents is 1. The minimum Gasteiger partial charge on any atom is -0.377 e. The van der Waals surface area contributed by atoms with Gasteiger partial charge in [-0.25, -0.2) is 0 Å². The van der Waals surface area contributed by atoms with Gasteiger partial charge in [0.15, 0.2) is 0 Å². The molecule has 2 amide bonds. The first-order valence-electron chi connectivity index (χ1n) is 14.3. The van der Waals surface area contributed by atoms with E-state index >= 15 is 0 Å². The van der Waals surface area contributed by atoms with Crippen molar-refractivity contribution in [3.05, 3.63) is 104 Å². The molecule has 2 fully saturated rings. The number of fused-ring (bicyclic) bond motifs is 1. The summed E-state index contributed by atoms with van der Waals surface area (Å²) in [4.78, 5) is 39.6. The third-order valence-electron chi connectivity index (χ3n) is 8.24. The predicted octanol–water partition coefficient (Wildman–Crippen LogP) is 8.14. The average molecular weight is 581 g/mol. The van der Waals surface area contributed by atoms with E-state index in [2.05, 4.69) is 5.32 Å². The number of nitrogens with one attached hydrogen (secondary N) is 1. The van der Waals surface area contributed by atoms with E-state index < -0.39 is 0 Å². The number of amides is 2. The lowest BCUT2D eigenvalue weighted by atomic mass is 9.95. The molecule has 1 N–H and O–H groups in total. The second kappa shape index (κ2) is 11.5. The van der Waals surface area contributed by atoms with Gasteiger partial charge in [0, 0.05) is 23.5 Å². The van der Waals surface area contributed by atoms with Crippen LogP contribution >= 0.6 is 11.8 Å². The van der Waals surface area contributed by atoms with Crippen LogP contribution in [-0.4, -0.2) is 31.6 Å².